The summed E-state index contributed by atoms with van der Waals surface area (Å²) in [6.45, 7) is 8.12. The Balaban J connectivity index is 1.52. The number of hydrogen-bond acceptors (Lipinski definition) is 2. The number of aliphatic imine (C=N–C) groups is 1. The Labute approximate surface area is 140 Å². The monoisotopic (exact) mass is 314 g/mol. The van der Waals surface area contributed by atoms with Crippen LogP contribution in [0.1, 0.15) is 31.7 Å². The highest BCUT2D eigenvalue weighted by Crippen LogP contribution is 2.27. The SMILES string of the molecule is CCCN1CCC(CNC(=NC)N2CCc3ccccc32)CC1. The second kappa shape index (κ2) is 7.82. The van der Waals surface area contributed by atoms with Gasteiger partial charge < -0.3 is 15.1 Å². The number of fused-ring (bicyclic) bond motifs is 1. The van der Waals surface area contributed by atoms with Gasteiger partial charge in [-0.25, -0.2) is 0 Å². The normalized spacial score (nSPS) is 19.9. The van der Waals surface area contributed by atoms with Crippen molar-refractivity contribution in [1.82, 2.24) is 10.2 Å². The van der Waals surface area contributed by atoms with Crippen LogP contribution in [0.3, 0.4) is 0 Å². The van der Waals surface area contributed by atoms with E-state index in [-0.39, 0.29) is 0 Å². The van der Waals surface area contributed by atoms with Crippen molar-refractivity contribution < 1.29 is 0 Å². The Kier molecular flexibility index (Phi) is 5.55. The third kappa shape index (κ3) is 3.86. The lowest BCUT2D eigenvalue weighted by molar-refractivity contribution is 0.185. The van der Waals surface area contributed by atoms with Gasteiger partial charge >= 0.3 is 0 Å². The van der Waals surface area contributed by atoms with E-state index in [1.165, 1.54) is 50.1 Å². The molecule has 126 valence electrons. The summed E-state index contributed by atoms with van der Waals surface area (Å²) in [5, 5.41) is 3.63. The standard InChI is InChI=1S/C19H30N4/c1-3-11-22-12-8-16(9-13-22)15-21-19(20-2)23-14-10-17-6-4-5-7-18(17)23/h4-7,16H,3,8-15H2,1-2H3,(H,20,21). The number of hydrogen-bond donors (Lipinski definition) is 1. The number of likely N-dealkylation sites (tertiary alicyclic amines) is 1. The number of anilines is 1. The summed E-state index contributed by atoms with van der Waals surface area (Å²) >= 11 is 0. The third-order valence-electron chi connectivity index (χ3n) is 5.15. The summed E-state index contributed by atoms with van der Waals surface area (Å²) in [6.07, 6.45) is 5.00. The Morgan fingerprint density at radius 3 is 2.74 bits per heavy atom. The lowest BCUT2D eigenvalue weighted by Crippen LogP contribution is -2.44. The lowest BCUT2D eigenvalue weighted by Gasteiger charge is -2.32. The van der Waals surface area contributed by atoms with E-state index in [0.29, 0.717) is 0 Å². The fraction of sp³-hybridized carbons (Fsp3) is 0.632. The van der Waals surface area contributed by atoms with Gasteiger partial charge in [0.15, 0.2) is 5.96 Å². The van der Waals surface area contributed by atoms with Crippen LogP contribution in [0.2, 0.25) is 0 Å². The molecule has 0 radical (unpaired) electrons. The quantitative estimate of drug-likeness (QED) is 0.685. The largest absolute Gasteiger partial charge is 0.356 e. The van der Waals surface area contributed by atoms with Gasteiger partial charge in [0.25, 0.3) is 0 Å². The summed E-state index contributed by atoms with van der Waals surface area (Å²) in [4.78, 5) is 9.45. The van der Waals surface area contributed by atoms with Gasteiger partial charge in [0.1, 0.15) is 0 Å². The molecular weight excluding hydrogens is 284 g/mol. The maximum absolute atomic E-state index is 4.52. The van der Waals surface area contributed by atoms with Crippen molar-refractivity contribution in [3.05, 3.63) is 29.8 Å². The number of guanidine groups is 1. The highest BCUT2D eigenvalue weighted by atomic mass is 15.3. The molecule has 2 aliphatic heterocycles. The molecule has 0 amide bonds. The molecule has 4 heteroatoms. The van der Waals surface area contributed by atoms with E-state index in [4.69, 9.17) is 0 Å². The molecule has 4 nitrogen and oxygen atoms in total. The molecule has 0 bridgehead atoms. The topological polar surface area (TPSA) is 30.9 Å². The lowest BCUT2D eigenvalue weighted by atomic mass is 9.97. The first-order valence-electron chi connectivity index (χ1n) is 9.10. The second-order valence-electron chi connectivity index (χ2n) is 6.74. The molecule has 1 aromatic rings. The third-order valence-corrected chi connectivity index (χ3v) is 5.15. The van der Waals surface area contributed by atoms with Crippen LogP contribution >= 0.6 is 0 Å². The number of para-hydroxylation sites is 1. The van der Waals surface area contributed by atoms with Gasteiger partial charge in [-0.05, 0) is 62.9 Å². The number of nitrogens with zero attached hydrogens (tertiary/aromatic N) is 3. The average molecular weight is 314 g/mol. The predicted molar refractivity (Wildman–Crippen MR) is 98.3 cm³/mol. The Bertz CT molecular complexity index is 532. The van der Waals surface area contributed by atoms with E-state index in [2.05, 4.69) is 51.3 Å². The van der Waals surface area contributed by atoms with Gasteiger partial charge in [0, 0.05) is 25.8 Å². The first kappa shape index (κ1) is 16.3. The fourth-order valence-electron chi connectivity index (χ4n) is 3.82. The summed E-state index contributed by atoms with van der Waals surface area (Å²) in [7, 11) is 1.90. The maximum atomic E-state index is 4.52. The molecule has 3 rings (SSSR count). The van der Waals surface area contributed by atoms with Gasteiger partial charge in [-0.2, -0.15) is 0 Å². The number of rotatable bonds is 4. The smallest absolute Gasteiger partial charge is 0.198 e. The van der Waals surface area contributed by atoms with E-state index in [9.17, 15) is 0 Å². The minimum absolute atomic E-state index is 0.776. The maximum Gasteiger partial charge on any atom is 0.198 e. The number of nitrogens with one attached hydrogen (secondary N) is 1. The van der Waals surface area contributed by atoms with Crippen molar-refractivity contribution in [3.8, 4) is 0 Å². The molecule has 1 saturated heterocycles. The molecule has 0 aromatic heterocycles. The molecule has 2 aliphatic rings. The highest BCUT2D eigenvalue weighted by molar-refractivity contribution is 5.97. The van der Waals surface area contributed by atoms with E-state index in [1.807, 2.05) is 7.05 Å². The second-order valence-corrected chi connectivity index (χ2v) is 6.74. The van der Waals surface area contributed by atoms with Gasteiger partial charge in [0.2, 0.25) is 0 Å². The molecule has 0 atom stereocenters. The van der Waals surface area contributed by atoms with E-state index >= 15 is 0 Å². The van der Waals surface area contributed by atoms with Gasteiger partial charge in [0.05, 0.1) is 0 Å². The zero-order valence-corrected chi connectivity index (χ0v) is 14.6. The van der Waals surface area contributed by atoms with Crippen molar-refractivity contribution in [1.29, 1.82) is 0 Å². The Hall–Kier alpha value is -1.55. The molecule has 23 heavy (non-hydrogen) atoms. The van der Waals surface area contributed by atoms with Crippen LogP contribution in [0.5, 0.6) is 0 Å². The van der Waals surface area contributed by atoms with E-state index in [1.54, 1.807) is 0 Å². The molecule has 0 saturated carbocycles. The van der Waals surface area contributed by atoms with Gasteiger partial charge in [-0.3, -0.25) is 4.99 Å². The van der Waals surface area contributed by atoms with Crippen molar-refractivity contribution >= 4 is 11.6 Å². The average Bonchev–Trinajstić information content (AvgIpc) is 3.01. The molecule has 0 aliphatic carbocycles. The van der Waals surface area contributed by atoms with Crippen LogP contribution in [0.25, 0.3) is 0 Å². The molecule has 1 fully saturated rings. The fourth-order valence-corrected chi connectivity index (χ4v) is 3.82. The minimum Gasteiger partial charge on any atom is -0.356 e. The van der Waals surface area contributed by atoms with E-state index in [0.717, 1.165) is 31.4 Å². The van der Waals surface area contributed by atoms with E-state index < -0.39 is 0 Å². The first-order chi connectivity index (χ1) is 11.3. The minimum atomic E-state index is 0.776. The molecule has 1 N–H and O–H groups in total. The summed E-state index contributed by atoms with van der Waals surface area (Å²) < 4.78 is 0. The zero-order chi connectivity index (χ0) is 16.1. The highest BCUT2D eigenvalue weighted by Gasteiger charge is 2.24. The van der Waals surface area contributed by atoms with Crippen LogP contribution in [-0.2, 0) is 6.42 Å². The van der Waals surface area contributed by atoms with Crippen molar-refractivity contribution in [2.75, 3.05) is 44.7 Å². The summed E-state index contributed by atoms with van der Waals surface area (Å²) in [6, 6.07) is 8.68. The molecule has 0 spiro atoms. The number of benzene rings is 1. The van der Waals surface area contributed by atoms with Gasteiger partial charge in [-0.1, -0.05) is 25.1 Å². The molecule has 0 unspecified atom stereocenters. The van der Waals surface area contributed by atoms with Crippen molar-refractivity contribution in [3.63, 3.8) is 0 Å². The van der Waals surface area contributed by atoms with Crippen LogP contribution in [0, 0.1) is 5.92 Å². The summed E-state index contributed by atoms with van der Waals surface area (Å²) in [5.41, 5.74) is 2.75. The number of piperidine rings is 1. The van der Waals surface area contributed by atoms with Crippen LogP contribution in [-0.4, -0.2) is 50.6 Å². The Morgan fingerprint density at radius 1 is 1.22 bits per heavy atom. The molecule has 2 heterocycles. The van der Waals surface area contributed by atoms with Crippen molar-refractivity contribution in [2.45, 2.75) is 32.6 Å². The van der Waals surface area contributed by atoms with Crippen LogP contribution in [0.15, 0.2) is 29.3 Å². The Morgan fingerprint density at radius 2 is 2.00 bits per heavy atom. The molecular formula is C19H30N4. The van der Waals surface area contributed by atoms with Crippen molar-refractivity contribution in [2.24, 2.45) is 10.9 Å². The zero-order valence-electron chi connectivity index (χ0n) is 14.6. The van der Waals surface area contributed by atoms with Gasteiger partial charge in [-0.15, -0.1) is 0 Å². The van der Waals surface area contributed by atoms with Crippen LogP contribution < -0.4 is 10.2 Å². The van der Waals surface area contributed by atoms with Crippen LogP contribution in [0.4, 0.5) is 5.69 Å². The summed E-state index contributed by atoms with van der Waals surface area (Å²) in [5.74, 6) is 1.81. The first-order valence-corrected chi connectivity index (χ1v) is 9.10. The predicted octanol–water partition coefficient (Wildman–Crippen LogP) is 2.75. The molecule has 1 aromatic carbocycles.